The zero-order valence-corrected chi connectivity index (χ0v) is 12.5. The van der Waals surface area contributed by atoms with E-state index in [2.05, 4.69) is 26.0 Å². The lowest BCUT2D eigenvalue weighted by atomic mass is 10.1. The molecule has 8 heteroatoms. The average molecular weight is 346 g/mol. The van der Waals surface area contributed by atoms with Crippen LogP contribution in [0.5, 0.6) is 0 Å². The third-order valence-corrected chi connectivity index (χ3v) is 3.27. The van der Waals surface area contributed by atoms with E-state index < -0.39 is 4.92 Å². The lowest BCUT2D eigenvalue weighted by molar-refractivity contribution is -0.385. The summed E-state index contributed by atoms with van der Waals surface area (Å²) in [5, 5.41) is 15.3. The van der Waals surface area contributed by atoms with Crippen LogP contribution in [-0.4, -0.2) is 19.7 Å². The molecular formula is C11H10BrClN4O2. The van der Waals surface area contributed by atoms with Gasteiger partial charge in [0.25, 0.3) is 0 Å². The van der Waals surface area contributed by atoms with Crippen molar-refractivity contribution in [1.29, 1.82) is 0 Å². The van der Waals surface area contributed by atoms with Gasteiger partial charge in [-0.1, -0.05) is 25.4 Å². The molecule has 2 heterocycles. The molecule has 0 N–H and O–H groups in total. The van der Waals surface area contributed by atoms with Gasteiger partial charge in [-0.2, -0.15) is 5.10 Å². The number of pyridine rings is 1. The standard InChI is InChI=1S/C11H10BrClN4O2/c1-6(2)9-10(17(18)19)11(13)16(15-9)8-3-7(12)4-14-5-8/h3-6H,1-2H3. The Hall–Kier alpha value is -1.47. The van der Waals surface area contributed by atoms with Gasteiger partial charge >= 0.3 is 5.69 Å². The van der Waals surface area contributed by atoms with E-state index >= 15 is 0 Å². The highest BCUT2D eigenvalue weighted by Crippen LogP contribution is 2.34. The van der Waals surface area contributed by atoms with Gasteiger partial charge in [0.2, 0.25) is 5.15 Å². The molecule has 0 aliphatic heterocycles. The lowest BCUT2D eigenvalue weighted by Gasteiger charge is -2.01. The minimum Gasteiger partial charge on any atom is -0.261 e. The fraction of sp³-hybridized carbons (Fsp3) is 0.273. The molecule has 2 aromatic heterocycles. The van der Waals surface area contributed by atoms with E-state index in [1.54, 1.807) is 12.3 Å². The summed E-state index contributed by atoms with van der Waals surface area (Å²) in [6.07, 6.45) is 3.15. The van der Waals surface area contributed by atoms with Crippen LogP contribution in [0.15, 0.2) is 22.9 Å². The molecule has 0 saturated heterocycles. The van der Waals surface area contributed by atoms with E-state index in [0.29, 0.717) is 11.4 Å². The van der Waals surface area contributed by atoms with Gasteiger partial charge < -0.3 is 0 Å². The van der Waals surface area contributed by atoms with Crippen molar-refractivity contribution in [3.8, 4) is 5.69 Å². The summed E-state index contributed by atoms with van der Waals surface area (Å²) in [6.45, 7) is 3.66. The Morgan fingerprint density at radius 3 is 2.63 bits per heavy atom. The van der Waals surface area contributed by atoms with Gasteiger partial charge in [-0.25, -0.2) is 4.68 Å². The highest BCUT2D eigenvalue weighted by molar-refractivity contribution is 9.10. The fourth-order valence-electron chi connectivity index (χ4n) is 1.65. The van der Waals surface area contributed by atoms with Crippen molar-refractivity contribution in [2.45, 2.75) is 19.8 Å². The summed E-state index contributed by atoms with van der Waals surface area (Å²) in [4.78, 5) is 14.6. The van der Waals surface area contributed by atoms with Gasteiger partial charge in [-0.15, -0.1) is 0 Å². The minimum absolute atomic E-state index is 0.0198. The van der Waals surface area contributed by atoms with Crippen LogP contribution in [0, 0.1) is 10.1 Å². The van der Waals surface area contributed by atoms with Crippen molar-refractivity contribution in [3.05, 3.63) is 43.9 Å². The number of nitrogens with zero attached hydrogens (tertiary/aromatic N) is 4. The second-order valence-electron chi connectivity index (χ2n) is 4.21. The number of hydrogen-bond acceptors (Lipinski definition) is 4. The van der Waals surface area contributed by atoms with E-state index in [0.717, 1.165) is 4.47 Å². The molecule has 0 spiro atoms. The SMILES string of the molecule is CC(C)c1nn(-c2cncc(Br)c2)c(Cl)c1[N+](=O)[O-]. The molecule has 0 fully saturated rings. The number of nitro groups is 1. The predicted molar refractivity (Wildman–Crippen MR) is 74.8 cm³/mol. The van der Waals surface area contributed by atoms with Crippen LogP contribution < -0.4 is 0 Å². The Kier molecular flexibility index (Phi) is 3.86. The largest absolute Gasteiger partial charge is 0.329 e. The maximum atomic E-state index is 11.1. The maximum absolute atomic E-state index is 11.1. The Morgan fingerprint density at radius 1 is 1.47 bits per heavy atom. The first kappa shape index (κ1) is 14.0. The van der Waals surface area contributed by atoms with Crippen LogP contribution in [0.3, 0.4) is 0 Å². The van der Waals surface area contributed by atoms with Gasteiger partial charge in [0, 0.05) is 16.6 Å². The fourth-order valence-corrected chi connectivity index (χ4v) is 2.30. The molecule has 0 aromatic carbocycles. The van der Waals surface area contributed by atoms with E-state index in [1.165, 1.54) is 10.9 Å². The van der Waals surface area contributed by atoms with Gasteiger partial charge in [-0.3, -0.25) is 15.1 Å². The van der Waals surface area contributed by atoms with E-state index in [-0.39, 0.29) is 16.8 Å². The smallest absolute Gasteiger partial charge is 0.261 e. The molecule has 0 bridgehead atoms. The third kappa shape index (κ3) is 2.62. The normalized spacial score (nSPS) is 11.0. The molecule has 2 aromatic rings. The van der Waals surface area contributed by atoms with Gasteiger partial charge in [0.15, 0.2) is 0 Å². The molecular weight excluding hydrogens is 336 g/mol. The maximum Gasteiger partial charge on any atom is 0.329 e. The van der Waals surface area contributed by atoms with Gasteiger partial charge in [0.1, 0.15) is 5.69 Å². The summed E-state index contributed by atoms with van der Waals surface area (Å²) in [6, 6.07) is 1.74. The third-order valence-electron chi connectivity index (χ3n) is 2.50. The molecule has 0 atom stereocenters. The van der Waals surface area contributed by atoms with Crippen LogP contribution in [0.4, 0.5) is 5.69 Å². The molecule has 100 valence electrons. The van der Waals surface area contributed by atoms with Crippen LogP contribution >= 0.6 is 27.5 Å². The Bertz CT molecular complexity index is 642. The first-order valence-electron chi connectivity index (χ1n) is 5.45. The predicted octanol–water partition coefficient (Wildman–Crippen LogP) is 3.71. The van der Waals surface area contributed by atoms with Crippen molar-refractivity contribution in [3.63, 3.8) is 0 Å². The topological polar surface area (TPSA) is 73.8 Å². The van der Waals surface area contributed by atoms with Crippen LogP contribution in [0.1, 0.15) is 25.5 Å². The highest BCUT2D eigenvalue weighted by Gasteiger charge is 2.29. The average Bonchev–Trinajstić information content (AvgIpc) is 2.67. The monoisotopic (exact) mass is 344 g/mol. The van der Waals surface area contributed by atoms with E-state index in [4.69, 9.17) is 11.6 Å². The lowest BCUT2D eigenvalue weighted by Crippen LogP contribution is -1.99. The summed E-state index contributed by atoms with van der Waals surface area (Å²) in [7, 11) is 0. The molecule has 0 radical (unpaired) electrons. The molecule has 6 nitrogen and oxygen atoms in total. The Labute approximate surface area is 122 Å². The van der Waals surface area contributed by atoms with Crippen molar-refractivity contribution < 1.29 is 4.92 Å². The summed E-state index contributed by atoms with van der Waals surface area (Å²) >= 11 is 9.36. The van der Waals surface area contributed by atoms with Crippen LogP contribution in [-0.2, 0) is 0 Å². The van der Waals surface area contributed by atoms with Crippen molar-refractivity contribution in [2.75, 3.05) is 0 Å². The number of hydrogen-bond donors (Lipinski definition) is 0. The first-order chi connectivity index (χ1) is 8.91. The Morgan fingerprint density at radius 2 is 2.16 bits per heavy atom. The van der Waals surface area contributed by atoms with Gasteiger partial charge in [0.05, 0.1) is 16.8 Å². The highest BCUT2D eigenvalue weighted by atomic mass is 79.9. The zero-order valence-electron chi connectivity index (χ0n) is 10.2. The summed E-state index contributed by atoms with van der Waals surface area (Å²) in [5.41, 5.74) is 0.765. The summed E-state index contributed by atoms with van der Waals surface area (Å²) < 4.78 is 2.07. The molecule has 0 unspecified atom stereocenters. The molecule has 2 rings (SSSR count). The van der Waals surface area contributed by atoms with E-state index in [9.17, 15) is 10.1 Å². The second kappa shape index (κ2) is 5.26. The van der Waals surface area contributed by atoms with Gasteiger partial charge in [-0.05, 0) is 22.0 Å². The molecule has 0 aliphatic rings. The number of aromatic nitrogens is 3. The zero-order chi connectivity index (χ0) is 14.2. The Balaban J connectivity index is 2.66. The van der Waals surface area contributed by atoms with Crippen molar-refractivity contribution in [1.82, 2.24) is 14.8 Å². The molecule has 19 heavy (non-hydrogen) atoms. The van der Waals surface area contributed by atoms with Crippen molar-refractivity contribution >= 4 is 33.2 Å². The number of rotatable bonds is 3. The van der Waals surface area contributed by atoms with Crippen LogP contribution in [0.2, 0.25) is 5.15 Å². The minimum atomic E-state index is -0.507. The molecule has 0 aliphatic carbocycles. The molecule has 0 saturated carbocycles. The number of halogens is 2. The quantitative estimate of drug-likeness (QED) is 0.628. The van der Waals surface area contributed by atoms with E-state index in [1.807, 2.05) is 13.8 Å². The van der Waals surface area contributed by atoms with Crippen molar-refractivity contribution in [2.24, 2.45) is 0 Å². The second-order valence-corrected chi connectivity index (χ2v) is 5.48. The summed E-state index contributed by atoms with van der Waals surface area (Å²) in [5.74, 6) is -0.0979. The molecule has 0 amide bonds. The first-order valence-corrected chi connectivity index (χ1v) is 6.62. The van der Waals surface area contributed by atoms with Crippen LogP contribution in [0.25, 0.3) is 5.69 Å².